The van der Waals surface area contributed by atoms with Crippen LogP contribution in [-0.4, -0.2) is 33.9 Å². The molecular formula is C23H23N3O2. The van der Waals surface area contributed by atoms with Gasteiger partial charge in [0.15, 0.2) is 0 Å². The normalized spacial score (nSPS) is 14.7. The molecule has 1 N–H and O–H groups in total. The largest absolute Gasteiger partial charge is 0.478 e. The van der Waals surface area contributed by atoms with Crippen LogP contribution in [0.3, 0.4) is 0 Å². The number of hydrogen-bond donors (Lipinski definition) is 1. The lowest BCUT2D eigenvalue weighted by Crippen LogP contribution is -2.17. The standard InChI is InChI=1S/C23H23N3O2/c1-3-6-18-9-12-20(23(27)28)22-21(18)15-24-26(22)16(2)17-7-10-19(11-8-17)25-13-4-5-14-25/h7-12,15-16H,4-5,13-14H2,1-2H3,(H,27,28)/t16-/m1/s1. The van der Waals surface area contributed by atoms with Gasteiger partial charge in [-0.25, -0.2) is 4.79 Å². The number of benzene rings is 2. The number of carbonyl (C=O) groups is 1. The van der Waals surface area contributed by atoms with Crippen LogP contribution in [0.15, 0.2) is 42.6 Å². The van der Waals surface area contributed by atoms with E-state index in [9.17, 15) is 9.90 Å². The fourth-order valence-electron chi connectivity index (χ4n) is 3.95. The van der Waals surface area contributed by atoms with Crippen molar-refractivity contribution < 1.29 is 9.90 Å². The van der Waals surface area contributed by atoms with E-state index in [0.29, 0.717) is 5.52 Å². The summed E-state index contributed by atoms with van der Waals surface area (Å²) >= 11 is 0. The number of anilines is 1. The van der Waals surface area contributed by atoms with Crippen LogP contribution >= 0.6 is 0 Å². The van der Waals surface area contributed by atoms with Crippen LogP contribution < -0.4 is 4.90 Å². The molecule has 1 aliphatic heterocycles. The Bertz CT molecular complexity index is 1080. The Hall–Kier alpha value is -3.26. The van der Waals surface area contributed by atoms with Gasteiger partial charge >= 0.3 is 5.97 Å². The molecule has 1 aliphatic rings. The van der Waals surface area contributed by atoms with E-state index < -0.39 is 5.97 Å². The van der Waals surface area contributed by atoms with Crippen LogP contribution in [0.1, 0.15) is 54.2 Å². The molecule has 0 radical (unpaired) electrons. The first-order valence-electron chi connectivity index (χ1n) is 9.61. The van der Waals surface area contributed by atoms with E-state index in [2.05, 4.69) is 46.1 Å². The maximum absolute atomic E-state index is 11.8. The van der Waals surface area contributed by atoms with Crippen molar-refractivity contribution in [1.82, 2.24) is 9.78 Å². The van der Waals surface area contributed by atoms with Crippen molar-refractivity contribution in [3.63, 3.8) is 0 Å². The highest BCUT2D eigenvalue weighted by molar-refractivity contribution is 6.03. The summed E-state index contributed by atoms with van der Waals surface area (Å²) in [6.45, 7) is 6.04. The maximum Gasteiger partial charge on any atom is 0.337 e. The van der Waals surface area contributed by atoms with Crippen molar-refractivity contribution >= 4 is 22.6 Å². The lowest BCUT2D eigenvalue weighted by Gasteiger charge is -2.20. The molecule has 0 unspecified atom stereocenters. The van der Waals surface area contributed by atoms with Crippen molar-refractivity contribution in [2.24, 2.45) is 0 Å². The van der Waals surface area contributed by atoms with E-state index >= 15 is 0 Å². The molecule has 1 saturated heterocycles. The first-order chi connectivity index (χ1) is 13.6. The van der Waals surface area contributed by atoms with Gasteiger partial charge in [-0.05, 0) is 56.5 Å². The molecule has 1 atom stereocenters. The third-order valence-electron chi connectivity index (χ3n) is 5.46. The van der Waals surface area contributed by atoms with Crippen molar-refractivity contribution in [1.29, 1.82) is 0 Å². The van der Waals surface area contributed by atoms with Gasteiger partial charge in [-0.2, -0.15) is 5.10 Å². The SMILES string of the molecule is CC#Cc1ccc(C(=O)O)c2c1cnn2[C@H](C)c1ccc(N2CCCC2)cc1. The summed E-state index contributed by atoms with van der Waals surface area (Å²) in [5, 5.41) is 15.0. The first kappa shape index (κ1) is 18.1. The van der Waals surface area contributed by atoms with Crippen LogP contribution in [0.4, 0.5) is 5.69 Å². The molecule has 2 aromatic carbocycles. The third-order valence-corrected chi connectivity index (χ3v) is 5.46. The van der Waals surface area contributed by atoms with Crippen molar-refractivity contribution in [3.05, 3.63) is 59.3 Å². The number of rotatable bonds is 4. The summed E-state index contributed by atoms with van der Waals surface area (Å²) < 4.78 is 1.80. The molecule has 0 bridgehead atoms. The van der Waals surface area contributed by atoms with Crippen LogP contribution in [0, 0.1) is 11.8 Å². The van der Waals surface area contributed by atoms with E-state index in [1.807, 2.05) is 6.92 Å². The number of nitrogens with zero attached hydrogens (tertiary/aromatic N) is 3. The van der Waals surface area contributed by atoms with Gasteiger partial charge in [0.25, 0.3) is 0 Å². The second-order valence-corrected chi connectivity index (χ2v) is 7.15. The molecule has 3 aromatic rings. The van der Waals surface area contributed by atoms with Gasteiger partial charge in [-0.1, -0.05) is 18.1 Å². The Kier molecular flexibility index (Phi) is 4.79. The second-order valence-electron chi connectivity index (χ2n) is 7.15. The Morgan fingerprint density at radius 3 is 2.50 bits per heavy atom. The van der Waals surface area contributed by atoms with E-state index in [1.165, 1.54) is 18.5 Å². The Labute approximate surface area is 164 Å². The summed E-state index contributed by atoms with van der Waals surface area (Å²) in [7, 11) is 0. The smallest absolute Gasteiger partial charge is 0.337 e. The Balaban J connectivity index is 1.76. The minimum atomic E-state index is -0.959. The molecule has 4 rings (SSSR count). The fourth-order valence-corrected chi connectivity index (χ4v) is 3.95. The molecule has 0 saturated carbocycles. The summed E-state index contributed by atoms with van der Waals surface area (Å²) in [6, 6.07) is 11.8. The molecule has 5 nitrogen and oxygen atoms in total. The molecular weight excluding hydrogens is 350 g/mol. The summed E-state index contributed by atoms with van der Waals surface area (Å²) in [5.74, 6) is 4.98. The topological polar surface area (TPSA) is 58.4 Å². The van der Waals surface area contributed by atoms with Crippen LogP contribution in [0.2, 0.25) is 0 Å². The van der Waals surface area contributed by atoms with E-state index in [-0.39, 0.29) is 11.6 Å². The zero-order chi connectivity index (χ0) is 19.7. The van der Waals surface area contributed by atoms with Gasteiger partial charge in [0, 0.05) is 29.7 Å². The van der Waals surface area contributed by atoms with Gasteiger partial charge in [0.2, 0.25) is 0 Å². The zero-order valence-corrected chi connectivity index (χ0v) is 16.1. The van der Waals surface area contributed by atoms with Crippen LogP contribution in [0.25, 0.3) is 10.9 Å². The quantitative estimate of drug-likeness (QED) is 0.692. The number of carboxylic acids is 1. The molecule has 1 fully saturated rings. The van der Waals surface area contributed by atoms with E-state index in [0.717, 1.165) is 29.6 Å². The van der Waals surface area contributed by atoms with Gasteiger partial charge in [-0.3, -0.25) is 4.68 Å². The summed E-state index contributed by atoms with van der Waals surface area (Å²) in [4.78, 5) is 14.2. The van der Waals surface area contributed by atoms with Gasteiger partial charge in [0.05, 0.1) is 23.3 Å². The van der Waals surface area contributed by atoms with Gasteiger partial charge in [-0.15, -0.1) is 5.92 Å². The monoisotopic (exact) mass is 373 g/mol. The van der Waals surface area contributed by atoms with Crippen molar-refractivity contribution in [2.45, 2.75) is 32.7 Å². The first-order valence-corrected chi connectivity index (χ1v) is 9.61. The van der Waals surface area contributed by atoms with Crippen molar-refractivity contribution in [2.75, 3.05) is 18.0 Å². The average Bonchev–Trinajstić information content (AvgIpc) is 3.38. The molecule has 0 amide bonds. The van der Waals surface area contributed by atoms with Gasteiger partial charge in [0.1, 0.15) is 0 Å². The maximum atomic E-state index is 11.8. The van der Waals surface area contributed by atoms with Crippen LogP contribution in [-0.2, 0) is 0 Å². The van der Waals surface area contributed by atoms with Crippen molar-refractivity contribution in [3.8, 4) is 11.8 Å². The highest BCUT2D eigenvalue weighted by Gasteiger charge is 2.20. The number of carboxylic acid groups (broad SMARTS) is 1. The number of fused-ring (bicyclic) bond motifs is 1. The minimum absolute atomic E-state index is 0.0898. The molecule has 142 valence electrons. The fraction of sp³-hybridized carbons (Fsp3) is 0.304. The summed E-state index contributed by atoms with van der Waals surface area (Å²) in [5.41, 5.74) is 3.99. The average molecular weight is 373 g/mol. The number of aromatic nitrogens is 2. The minimum Gasteiger partial charge on any atom is -0.478 e. The molecule has 0 spiro atoms. The second kappa shape index (κ2) is 7.40. The molecule has 0 aliphatic carbocycles. The molecule has 1 aromatic heterocycles. The predicted molar refractivity (Wildman–Crippen MR) is 111 cm³/mol. The Morgan fingerprint density at radius 1 is 1.14 bits per heavy atom. The molecule has 28 heavy (non-hydrogen) atoms. The van der Waals surface area contributed by atoms with Gasteiger partial charge < -0.3 is 10.0 Å². The van der Waals surface area contributed by atoms with E-state index in [4.69, 9.17) is 0 Å². The zero-order valence-electron chi connectivity index (χ0n) is 16.1. The predicted octanol–water partition coefficient (Wildman–Crippen LogP) is 4.32. The number of aromatic carboxylic acids is 1. The lowest BCUT2D eigenvalue weighted by atomic mass is 10.0. The highest BCUT2D eigenvalue weighted by atomic mass is 16.4. The van der Waals surface area contributed by atoms with Crippen LogP contribution in [0.5, 0.6) is 0 Å². The molecule has 5 heteroatoms. The number of hydrogen-bond acceptors (Lipinski definition) is 3. The Morgan fingerprint density at radius 2 is 1.86 bits per heavy atom. The van der Waals surface area contributed by atoms with E-state index in [1.54, 1.807) is 29.9 Å². The summed E-state index contributed by atoms with van der Waals surface area (Å²) in [6.07, 6.45) is 4.22. The third kappa shape index (κ3) is 3.11. The molecule has 2 heterocycles. The highest BCUT2D eigenvalue weighted by Crippen LogP contribution is 2.29. The lowest BCUT2D eigenvalue weighted by molar-refractivity contribution is 0.0698.